The van der Waals surface area contributed by atoms with E-state index in [0.29, 0.717) is 40.2 Å². The molecule has 0 fully saturated rings. The first kappa shape index (κ1) is 17.0. The van der Waals surface area contributed by atoms with Crippen molar-refractivity contribution in [3.8, 4) is 17.2 Å². The molecule has 0 aliphatic heterocycles. The minimum absolute atomic E-state index is 0.187. The molecule has 0 radical (unpaired) electrons. The molecule has 130 valence electrons. The van der Waals surface area contributed by atoms with Crippen LogP contribution in [0.4, 0.5) is 0 Å². The normalized spacial score (nSPS) is 12.5. The molecular formula is C20H20O5. The minimum Gasteiger partial charge on any atom is -0.492 e. The van der Waals surface area contributed by atoms with E-state index in [1.54, 1.807) is 24.3 Å². The number of fused-ring (bicyclic) bond motifs is 2. The lowest BCUT2D eigenvalue weighted by molar-refractivity contribution is 0.0974. The van der Waals surface area contributed by atoms with Gasteiger partial charge in [0.25, 0.3) is 0 Å². The molecule has 5 heteroatoms. The summed E-state index contributed by atoms with van der Waals surface area (Å²) in [5, 5.41) is 0. The van der Waals surface area contributed by atoms with E-state index >= 15 is 0 Å². The van der Waals surface area contributed by atoms with E-state index in [-0.39, 0.29) is 22.9 Å². The first-order valence-electron chi connectivity index (χ1n) is 8.13. The Labute approximate surface area is 146 Å². The summed E-state index contributed by atoms with van der Waals surface area (Å²) in [6, 6.07) is 6.84. The van der Waals surface area contributed by atoms with Gasteiger partial charge in [0.1, 0.15) is 0 Å². The zero-order valence-corrected chi connectivity index (χ0v) is 14.8. The van der Waals surface area contributed by atoms with Crippen LogP contribution in [0.3, 0.4) is 0 Å². The van der Waals surface area contributed by atoms with E-state index in [4.69, 9.17) is 14.2 Å². The molecule has 0 saturated heterocycles. The Balaban J connectivity index is 2.46. The molecule has 0 atom stereocenters. The molecule has 1 aliphatic rings. The van der Waals surface area contributed by atoms with Gasteiger partial charge in [-0.2, -0.15) is 0 Å². The third kappa shape index (κ3) is 2.38. The van der Waals surface area contributed by atoms with Crippen LogP contribution in [-0.2, 0) is 6.42 Å². The van der Waals surface area contributed by atoms with Crippen LogP contribution in [0.5, 0.6) is 17.2 Å². The van der Waals surface area contributed by atoms with Gasteiger partial charge in [0.2, 0.25) is 5.75 Å². The third-order valence-electron chi connectivity index (χ3n) is 4.45. The van der Waals surface area contributed by atoms with Crippen LogP contribution in [0.15, 0.2) is 24.3 Å². The van der Waals surface area contributed by atoms with Crippen LogP contribution in [0, 0.1) is 0 Å². The van der Waals surface area contributed by atoms with Crippen molar-refractivity contribution in [1.82, 2.24) is 0 Å². The van der Waals surface area contributed by atoms with Gasteiger partial charge in [-0.15, -0.1) is 0 Å². The fourth-order valence-corrected chi connectivity index (χ4v) is 3.43. The second kappa shape index (κ2) is 6.59. The number of benzene rings is 2. The summed E-state index contributed by atoms with van der Waals surface area (Å²) in [6.07, 6.45) is 1.38. The van der Waals surface area contributed by atoms with Crippen molar-refractivity contribution in [3.63, 3.8) is 0 Å². The standard InChI is InChI=1S/C20H20O5/c1-5-8-13-14-15(19(24-3)20(25-4)18(13)23-2)17(22)12-10-7-6-9-11(12)16(14)21/h6-7,9-10H,5,8H2,1-4H3. The monoisotopic (exact) mass is 340 g/mol. The Kier molecular flexibility index (Phi) is 4.49. The predicted octanol–water partition coefficient (Wildman–Crippen LogP) is 3.44. The molecule has 0 unspecified atom stereocenters. The van der Waals surface area contributed by atoms with Gasteiger partial charge in [0, 0.05) is 22.3 Å². The summed E-state index contributed by atoms with van der Waals surface area (Å²) in [5.74, 6) is 0.600. The maximum atomic E-state index is 13.2. The van der Waals surface area contributed by atoms with Crippen molar-refractivity contribution in [2.75, 3.05) is 21.3 Å². The Morgan fingerprint density at radius 3 is 1.76 bits per heavy atom. The molecule has 1 aliphatic carbocycles. The Morgan fingerprint density at radius 2 is 1.28 bits per heavy atom. The first-order chi connectivity index (χ1) is 12.1. The van der Waals surface area contributed by atoms with Crippen LogP contribution in [0.25, 0.3) is 0 Å². The maximum absolute atomic E-state index is 13.2. The summed E-state index contributed by atoms with van der Waals surface area (Å²) in [5.41, 5.74) is 2.09. The highest BCUT2D eigenvalue weighted by atomic mass is 16.5. The van der Waals surface area contributed by atoms with Gasteiger partial charge >= 0.3 is 0 Å². The summed E-state index contributed by atoms with van der Waals surface area (Å²) >= 11 is 0. The van der Waals surface area contributed by atoms with Crippen LogP contribution in [0.1, 0.15) is 50.8 Å². The highest BCUT2D eigenvalue weighted by molar-refractivity contribution is 6.30. The molecule has 0 aromatic heterocycles. The van der Waals surface area contributed by atoms with Gasteiger partial charge in [-0.25, -0.2) is 0 Å². The van der Waals surface area contributed by atoms with Gasteiger partial charge in [-0.3, -0.25) is 9.59 Å². The number of rotatable bonds is 5. The molecule has 2 aromatic rings. The van der Waals surface area contributed by atoms with Crippen molar-refractivity contribution >= 4 is 11.6 Å². The van der Waals surface area contributed by atoms with Crippen molar-refractivity contribution in [1.29, 1.82) is 0 Å². The van der Waals surface area contributed by atoms with E-state index in [2.05, 4.69) is 0 Å². The number of ketones is 2. The van der Waals surface area contributed by atoms with Crippen LogP contribution in [0.2, 0.25) is 0 Å². The van der Waals surface area contributed by atoms with Crippen LogP contribution < -0.4 is 14.2 Å². The maximum Gasteiger partial charge on any atom is 0.204 e. The molecular weight excluding hydrogens is 320 g/mol. The molecule has 5 nitrogen and oxygen atoms in total. The second-order valence-electron chi connectivity index (χ2n) is 5.78. The predicted molar refractivity (Wildman–Crippen MR) is 93.4 cm³/mol. The molecule has 0 N–H and O–H groups in total. The minimum atomic E-state index is -0.236. The van der Waals surface area contributed by atoms with Crippen molar-refractivity contribution in [3.05, 3.63) is 52.1 Å². The third-order valence-corrected chi connectivity index (χ3v) is 4.45. The van der Waals surface area contributed by atoms with Crippen molar-refractivity contribution < 1.29 is 23.8 Å². The van der Waals surface area contributed by atoms with Gasteiger partial charge < -0.3 is 14.2 Å². The van der Waals surface area contributed by atoms with Gasteiger partial charge in [-0.1, -0.05) is 37.6 Å². The lowest BCUT2D eigenvalue weighted by atomic mass is 9.80. The zero-order chi connectivity index (χ0) is 18.1. The Bertz CT molecular complexity index is 867. The van der Waals surface area contributed by atoms with E-state index in [0.717, 1.165) is 6.42 Å². The second-order valence-corrected chi connectivity index (χ2v) is 5.78. The van der Waals surface area contributed by atoms with Gasteiger partial charge in [-0.05, 0) is 6.42 Å². The average molecular weight is 340 g/mol. The molecule has 0 amide bonds. The molecule has 0 bridgehead atoms. The average Bonchev–Trinajstić information content (AvgIpc) is 2.64. The largest absolute Gasteiger partial charge is 0.492 e. The molecule has 25 heavy (non-hydrogen) atoms. The van der Waals surface area contributed by atoms with Crippen LogP contribution in [-0.4, -0.2) is 32.9 Å². The highest BCUT2D eigenvalue weighted by Gasteiger charge is 2.38. The molecule has 2 aromatic carbocycles. The molecule has 0 saturated carbocycles. The summed E-state index contributed by atoms with van der Waals surface area (Å²) in [6.45, 7) is 2.01. The fourth-order valence-electron chi connectivity index (χ4n) is 3.43. The zero-order valence-electron chi connectivity index (χ0n) is 14.8. The summed E-state index contributed by atoms with van der Waals surface area (Å²) in [7, 11) is 4.47. The van der Waals surface area contributed by atoms with Gasteiger partial charge in [0.15, 0.2) is 23.1 Å². The number of ether oxygens (including phenoxy) is 3. The number of methoxy groups -OCH3 is 3. The number of hydrogen-bond donors (Lipinski definition) is 0. The number of carbonyl (C=O) groups is 2. The summed E-state index contributed by atoms with van der Waals surface area (Å²) < 4.78 is 16.5. The fraction of sp³-hybridized carbons (Fsp3) is 0.300. The Morgan fingerprint density at radius 1 is 0.760 bits per heavy atom. The number of hydrogen-bond acceptors (Lipinski definition) is 5. The molecule has 0 heterocycles. The highest BCUT2D eigenvalue weighted by Crippen LogP contribution is 2.48. The summed E-state index contributed by atoms with van der Waals surface area (Å²) in [4.78, 5) is 26.3. The van der Waals surface area contributed by atoms with E-state index < -0.39 is 0 Å². The molecule has 0 spiro atoms. The van der Waals surface area contributed by atoms with E-state index in [1.807, 2.05) is 6.92 Å². The first-order valence-corrected chi connectivity index (χ1v) is 8.13. The van der Waals surface area contributed by atoms with E-state index in [9.17, 15) is 9.59 Å². The van der Waals surface area contributed by atoms with Crippen LogP contribution >= 0.6 is 0 Å². The lowest BCUT2D eigenvalue weighted by Crippen LogP contribution is -2.24. The van der Waals surface area contributed by atoms with Gasteiger partial charge in [0.05, 0.1) is 26.9 Å². The topological polar surface area (TPSA) is 61.8 Å². The smallest absolute Gasteiger partial charge is 0.204 e. The SMILES string of the molecule is CCCc1c(OC)c(OC)c(OC)c2c1C(=O)c1ccccc1C2=O. The lowest BCUT2D eigenvalue weighted by Gasteiger charge is -2.26. The van der Waals surface area contributed by atoms with E-state index in [1.165, 1.54) is 21.3 Å². The quantitative estimate of drug-likeness (QED) is 0.712. The number of carbonyl (C=O) groups excluding carboxylic acids is 2. The Hall–Kier alpha value is -2.82. The molecule has 3 rings (SSSR count). The van der Waals surface area contributed by atoms with Crippen molar-refractivity contribution in [2.45, 2.75) is 19.8 Å². The van der Waals surface area contributed by atoms with Crippen molar-refractivity contribution in [2.24, 2.45) is 0 Å².